The number of nitrogens with zero attached hydrogens (tertiary/aromatic N) is 1. The summed E-state index contributed by atoms with van der Waals surface area (Å²) >= 11 is 1.62. The van der Waals surface area contributed by atoms with Crippen LogP contribution in [0, 0.1) is 0 Å². The Balaban J connectivity index is 2.46. The molecule has 0 atom stereocenters. The molecule has 0 aliphatic rings. The SMILES string of the molecule is CC(C)N(CCC(=O)O)C(=O)CCc1ccsc1. The average molecular weight is 269 g/mol. The molecule has 1 heterocycles. The first-order chi connectivity index (χ1) is 8.50. The molecular formula is C13H19NO3S. The third kappa shape index (κ3) is 4.87. The van der Waals surface area contributed by atoms with Gasteiger partial charge < -0.3 is 10.0 Å². The van der Waals surface area contributed by atoms with Gasteiger partial charge in [-0.3, -0.25) is 9.59 Å². The Morgan fingerprint density at radius 3 is 2.61 bits per heavy atom. The lowest BCUT2D eigenvalue weighted by Crippen LogP contribution is -2.38. The zero-order valence-corrected chi connectivity index (χ0v) is 11.6. The second-order valence-electron chi connectivity index (χ2n) is 4.46. The van der Waals surface area contributed by atoms with Gasteiger partial charge in [-0.1, -0.05) is 0 Å². The first-order valence-electron chi connectivity index (χ1n) is 6.03. The lowest BCUT2D eigenvalue weighted by atomic mass is 10.1. The fourth-order valence-electron chi connectivity index (χ4n) is 1.72. The highest BCUT2D eigenvalue weighted by molar-refractivity contribution is 7.07. The van der Waals surface area contributed by atoms with Crippen LogP contribution in [0.3, 0.4) is 0 Å². The van der Waals surface area contributed by atoms with Crippen LogP contribution in [0.5, 0.6) is 0 Å². The number of hydrogen-bond acceptors (Lipinski definition) is 3. The number of rotatable bonds is 7. The topological polar surface area (TPSA) is 57.6 Å². The highest BCUT2D eigenvalue weighted by atomic mass is 32.1. The summed E-state index contributed by atoms with van der Waals surface area (Å²) in [4.78, 5) is 24.2. The van der Waals surface area contributed by atoms with Crippen LogP contribution in [0.1, 0.15) is 32.3 Å². The predicted octanol–water partition coefficient (Wildman–Crippen LogP) is 2.39. The average Bonchev–Trinajstić information content (AvgIpc) is 2.78. The molecule has 0 saturated heterocycles. The summed E-state index contributed by atoms with van der Waals surface area (Å²) in [5.41, 5.74) is 1.16. The van der Waals surface area contributed by atoms with E-state index in [1.807, 2.05) is 30.7 Å². The van der Waals surface area contributed by atoms with Gasteiger partial charge in [0.2, 0.25) is 5.91 Å². The van der Waals surface area contributed by atoms with Crippen molar-refractivity contribution in [3.8, 4) is 0 Å². The van der Waals surface area contributed by atoms with E-state index >= 15 is 0 Å². The van der Waals surface area contributed by atoms with Gasteiger partial charge in [0.1, 0.15) is 0 Å². The lowest BCUT2D eigenvalue weighted by Gasteiger charge is -2.26. The van der Waals surface area contributed by atoms with Crippen LogP contribution in [0.4, 0.5) is 0 Å². The van der Waals surface area contributed by atoms with E-state index in [-0.39, 0.29) is 24.9 Å². The quantitative estimate of drug-likeness (QED) is 0.827. The Morgan fingerprint density at radius 1 is 1.39 bits per heavy atom. The molecule has 0 spiro atoms. The van der Waals surface area contributed by atoms with E-state index in [1.54, 1.807) is 16.2 Å². The second-order valence-corrected chi connectivity index (χ2v) is 5.24. The number of carboxylic acids is 1. The van der Waals surface area contributed by atoms with Crippen LogP contribution in [0.25, 0.3) is 0 Å². The van der Waals surface area contributed by atoms with E-state index in [1.165, 1.54) is 0 Å². The first kappa shape index (κ1) is 14.7. The monoisotopic (exact) mass is 269 g/mol. The van der Waals surface area contributed by atoms with Crippen LogP contribution < -0.4 is 0 Å². The number of carboxylic acid groups (broad SMARTS) is 1. The van der Waals surface area contributed by atoms with Gasteiger partial charge in [-0.2, -0.15) is 11.3 Å². The van der Waals surface area contributed by atoms with Crippen LogP contribution in [0.2, 0.25) is 0 Å². The second kappa shape index (κ2) is 7.16. The fraction of sp³-hybridized carbons (Fsp3) is 0.538. The molecule has 1 aromatic rings. The molecule has 0 aromatic carbocycles. The molecule has 0 saturated carbocycles. The number of carbonyl (C=O) groups excluding carboxylic acids is 1. The Kier molecular flexibility index (Phi) is 5.85. The molecule has 1 N–H and O–H groups in total. The van der Waals surface area contributed by atoms with Gasteiger partial charge in [-0.25, -0.2) is 0 Å². The van der Waals surface area contributed by atoms with Gasteiger partial charge in [0.05, 0.1) is 6.42 Å². The van der Waals surface area contributed by atoms with Gasteiger partial charge in [0.25, 0.3) is 0 Å². The Labute approximate surface area is 111 Å². The normalized spacial score (nSPS) is 10.6. The van der Waals surface area contributed by atoms with Gasteiger partial charge in [0.15, 0.2) is 0 Å². The molecule has 0 radical (unpaired) electrons. The fourth-order valence-corrected chi connectivity index (χ4v) is 2.42. The summed E-state index contributed by atoms with van der Waals surface area (Å²) in [7, 11) is 0. The zero-order valence-electron chi connectivity index (χ0n) is 10.8. The molecule has 1 rings (SSSR count). The van der Waals surface area contributed by atoms with Crippen LogP contribution in [-0.2, 0) is 16.0 Å². The molecule has 0 fully saturated rings. The number of hydrogen-bond donors (Lipinski definition) is 1. The zero-order chi connectivity index (χ0) is 13.5. The molecule has 0 aliphatic carbocycles. The van der Waals surface area contributed by atoms with E-state index in [0.717, 1.165) is 12.0 Å². The highest BCUT2D eigenvalue weighted by Crippen LogP contribution is 2.11. The summed E-state index contributed by atoms with van der Waals surface area (Å²) in [5.74, 6) is -0.844. The Bertz CT molecular complexity index is 387. The number of aryl methyl sites for hydroxylation is 1. The maximum absolute atomic E-state index is 12.0. The number of thiophene rings is 1. The van der Waals surface area contributed by atoms with Gasteiger partial charge in [-0.05, 0) is 42.7 Å². The van der Waals surface area contributed by atoms with Crippen molar-refractivity contribution in [2.75, 3.05) is 6.54 Å². The molecule has 1 aromatic heterocycles. The molecule has 0 bridgehead atoms. The van der Waals surface area contributed by atoms with Crippen molar-refractivity contribution < 1.29 is 14.7 Å². The third-order valence-corrected chi connectivity index (χ3v) is 3.45. The van der Waals surface area contributed by atoms with Crippen molar-refractivity contribution in [1.82, 2.24) is 4.90 Å². The Hall–Kier alpha value is -1.36. The molecule has 5 heteroatoms. The van der Waals surface area contributed by atoms with Crippen molar-refractivity contribution in [1.29, 1.82) is 0 Å². The third-order valence-electron chi connectivity index (χ3n) is 2.72. The largest absolute Gasteiger partial charge is 0.481 e. The standard InChI is InChI=1S/C13H19NO3S/c1-10(2)14(7-5-13(16)17)12(15)4-3-11-6-8-18-9-11/h6,8-10H,3-5,7H2,1-2H3,(H,16,17). The van der Waals surface area contributed by atoms with Crippen LogP contribution >= 0.6 is 11.3 Å². The minimum Gasteiger partial charge on any atom is -0.481 e. The Morgan fingerprint density at radius 2 is 2.11 bits per heavy atom. The minimum absolute atomic E-state index is 0.00235. The van der Waals surface area contributed by atoms with Crippen molar-refractivity contribution in [3.63, 3.8) is 0 Å². The molecule has 100 valence electrons. The van der Waals surface area contributed by atoms with E-state index in [2.05, 4.69) is 0 Å². The summed E-state index contributed by atoms with van der Waals surface area (Å²) < 4.78 is 0. The summed E-state index contributed by atoms with van der Waals surface area (Å²) in [6.07, 6.45) is 1.16. The molecule has 18 heavy (non-hydrogen) atoms. The van der Waals surface area contributed by atoms with E-state index in [4.69, 9.17) is 5.11 Å². The molecule has 0 unspecified atom stereocenters. The van der Waals surface area contributed by atoms with Crippen molar-refractivity contribution in [3.05, 3.63) is 22.4 Å². The number of aliphatic carboxylic acids is 1. The smallest absolute Gasteiger partial charge is 0.305 e. The molecule has 4 nitrogen and oxygen atoms in total. The first-order valence-corrected chi connectivity index (χ1v) is 6.97. The van der Waals surface area contributed by atoms with Crippen LogP contribution in [-0.4, -0.2) is 34.5 Å². The van der Waals surface area contributed by atoms with E-state index in [0.29, 0.717) is 6.42 Å². The van der Waals surface area contributed by atoms with Crippen molar-refractivity contribution in [2.24, 2.45) is 0 Å². The van der Waals surface area contributed by atoms with Crippen LogP contribution in [0.15, 0.2) is 16.8 Å². The van der Waals surface area contributed by atoms with E-state index < -0.39 is 5.97 Å². The van der Waals surface area contributed by atoms with Gasteiger partial charge in [0, 0.05) is 19.0 Å². The number of amides is 1. The highest BCUT2D eigenvalue weighted by Gasteiger charge is 2.17. The van der Waals surface area contributed by atoms with Crippen molar-refractivity contribution in [2.45, 2.75) is 39.2 Å². The van der Waals surface area contributed by atoms with Crippen molar-refractivity contribution >= 4 is 23.2 Å². The molecular weight excluding hydrogens is 250 g/mol. The molecule has 0 aliphatic heterocycles. The summed E-state index contributed by atoms with van der Waals surface area (Å²) in [5, 5.41) is 12.7. The number of carbonyl (C=O) groups is 2. The molecule has 1 amide bonds. The lowest BCUT2D eigenvalue weighted by molar-refractivity contribution is -0.139. The van der Waals surface area contributed by atoms with Gasteiger partial charge >= 0.3 is 5.97 Å². The minimum atomic E-state index is -0.869. The van der Waals surface area contributed by atoms with E-state index in [9.17, 15) is 9.59 Å². The maximum Gasteiger partial charge on any atom is 0.305 e. The summed E-state index contributed by atoms with van der Waals surface area (Å²) in [6, 6.07) is 2.05. The summed E-state index contributed by atoms with van der Waals surface area (Å²) in [6.45, 7) is 4.10. The maximum atomic E-state index is 12.0. The predicted molar refractivity (Wildman–Crippen MR) is 71.7 cm³/mol. The van der Waals surface area contributed by atoms with Gasteiger partial charge in [-0.15, -0.1) is 0 Å².